The van der Waals surface area contributed by atoms with Crippen LogP contribution < -0.4 is 4.74 Å². The maximum atomic E-state index is 13.6. The Hall–Kier alpha value is -10.7. The molecule has 0 aromatic heterocycles. The van der Waals surface area contributed by atoms with Crippen molar-refractivity contribution in [1.29, 1.82) is 0 Å². The lowest BCUT2D eigenvalue weighted by atomic mass is 9.90. The Morgan fingerprint density at radius 3 is 1.21 bits per heavy atom. The molecule has 0 bridgehead atoms. The highest BCUT2D eigenvalue weighted by atomic mass is 19.4. The molecule has 0 aliphatic heterocycles. The number of fused-ring (bicyclic) bond motifs is 6. The molecule has 1 N–H and O–H groups in total. The van der Waals surface area contributed by atoms with Crippen LogP contribution in [0.5, 0.6) is 11.5 Å². The molecule has 0 fully saturated rings. The Bertz CT molecular complexity index is 4850. The summed E-state index contributed by atoms with van der Waals surface area (Å²) in [6.07, 6.45) is -24.8. The largest absolute Gasteiger partial charge is 0.507 e. The predicted octanol–water partition coefficient (Wildman–Crippen LogP) is 21.0. The molecule has 26 heteroatoms. The smallest absolute Gasteiger partial charge is 0.417 e. The quantitative estimate of drug-likeness (QED) is 0.0948. The van der Waals surface area contributed by atoms with Gasteiger partial charge in [0.15, 0.2) is 0 Å². The first-order chi connectivity index (χ1) is 44.7. The summed E-state index contributed by atoms with van der Waals surface area (Å²) in [5.74, 6) is -0.388. The number of benzene rings is 11. The van der Waals surface area contributed by atoms with Crippen LogP contribution in [0, 0.1) is 27.7 Å². The van der Waals surface area contributed by atoms with Crippen LogP contribution >= 0.6 is 0 Å². The number of rotatable bonds is 7. The van der Waals surface area contributed by atoms with Crippen molar-refractivity contribution in [1.82, 2.24) is 0 Å². The fraction of sp³-hybridized carbons (Fsp3) is 0.143. The normalized spacial score (nSPS) is 11.9. The van der Waals surface area contributed by atoms with Crippen molar-refractivity contribution in [3.05, 3.63) is 235 Å². The van der Waals surface area contributed by atoms with Crippen molar-refractivity contribution in [3.8, 4) is 11.5 Å². The van der Waals surface area contributed by atoms with E-state index in [0.717, 1.165) is 72.3 Å². The molecule has 96 heavy (non-hydrogen) atoms. The summed E-state index contributed by atoms with van der Waals surface area (Å²) < 4.78 is 238. The molecule has 0 saturated carbocycles. The first-order valence-corrected chi connectivity index (χ1v) is 27.4. The average molecular weight is 1360 g/mol. The summed E-state index contributed by atoms with van der Waals surface area (Å²) >= 11 is 0. The van der Waals surface area contributed by atoms with Gasteiger partial charge >= 0.3 is 37.1 Å². The van der Waals surface area contributed by atoms with Gasteiger partial charge in [-0.15, -0.1) is 0 Å². The van der Waals surface area contributed by atoms with Crippen LogP contribution in [0.2, 0.25) is 0 Å². The van der Waals surface area contributed by atoms with Crippen LogP contribution in [-0.4, -0.2) is 43.0 Å². The van der Waals surface area contributed by atoms with Crippen LogP contribution in [0.1, 0.15) is 107 Å². The number of aldehydes is 5. The van der Waals surface area contributed by atoms with Crippen LogP contribution in [0.25, 0.3) is 64.6 Å². The molecule has 11 aromatic rings. The minimum atomic E-state index is -4.79. The van der Waals surface area contributed by atoms with Gasteiger partial charge in [0.1, 0.15) is 42.9 Å². The second kappa shape index (κ2) is 28.1. The van der Waals surface area contributed by atoms with Crippen molar-refractivity contribution in [3.63, 3.8) is 0 Å². The molecule has 0 amide bonds. The van der Waals surface area contributed by atoms with Gasteiger partial charge in [-0.1, -0.05) is 66.7 Å². The van der Waals surface area contributed by atoms with E-state index in [1.165, 1.54) is 73.7 Å². The number of phenolic OH excluding ortho intramolecular Hbond substituents is 1. The van der Waals surface area contributed by atoms with Gasteiger partial charge in [-0.05, 0) is 189 Å². The summed E-state index contributed by atoms with van der Waals surface area (Å²) in [4.78, 5) is 64.0. The van der Waals surface area contributed by atoms with Gasteiger partial charge in [-0.3, -0.25) is 28.8 Å². The molecule has 0 atom stereocenters. The zero-order valence-electron chi connectivity index (χ0n) is 49.5. The Labute approximate surface area is 529 Å². The lowest BCUT2D eigenvalue weighted by Gasteiger charge is -2.18. The molecule has 11 aromatic carbocycles. The number of carbonyl (C=O) groups excluding carboxylic acids is 6. The van der Waals surface area contributed by atoms with Gasteiger partial charge in [0.05, 0.1) is 33.4 Å². The maximum absolute atomic E-state index is 13.6. The van der Waals surface area contributed by atoms with Crippen LogP contribution in [0.15, 0.2) is 152 Å². The minimum Gasteiger partial charge on any atom is -0.507 e. The van der Waals surface area contributed by atoms with Crippen molar-refractivity contribution in [2.24, 2.45) is 0 Å². The summed E-state index contributed by atoms with van der Waals surface area (Å²) in [7, 11) is 0. The predicted molar refractivity (Wildman–Crippen MR) is 322 cm³/mol. The van der Waals surface area contributed by atoms with Crippen LogP contribution in [0.3, 0.4) is 0 Å². The number of hydrogen-bond acceptors (Lipinski definition) is 8. The molecule has 8 nitrogen and oxygen atoms in total. The third-order valence-electron chi connectivity index (χ3n) is 14.9. The third-order valence-corrected chi connectivity index (χ3v) is 14.9. The van der Waals surface area contributed by atoms with E-state index in [0.29, 0.717) is 75.9 Å². The molecule has 0 radical (unpaired) electrons. The molecular formula is C70H44F18O8. The summed E-state index contributed by atoms with van der Waals surface area (Å²) in [5, 5.41) is 10.9. The lowest BCUT2D eigenvalue weighted by Crippen LogP contribution is -2.09. The molecular weight excluding hydrogens is 1310 g/mol. The number of ether oxygens (including phenoxy) is 1. The van der Waals surface area contributed by atoms with Crippen molar-refractivity contribution < 1.29 is 118 Å². The first kappa shape index (κ1) is 72.8. The number of hydrogen-bond donors (Lipinski definition) is 1. The first-order valence-electron chi connectivity index (χ1n) is 27.4. The lowest BCUT2D eigenvalue weighted by molar-refractivity contribution is -0.138. The Morgan fingerprint density at radius 1 is 0.312 bits per heavy atom. The summed E-state index contributed by atoms with van der Waals surface area (Å²) in [6.45, 7) is 6.52. The molecule has 0 heterocycles. The Balaban J connectivity index is 0.000000171. The average Bonchev–Trinajstić information content (AvgIpc) is 0.747. The van der Waals surface area contributed by atoms with Gasteiger partial charge < -0.3 is 9.84 Å². The van der Waals surface area contributed by atoms with Gasteiger partial charge in [0, 0.05) is 38.6 Å². The van der Waals surface area contributed by atoms with E-state index < -0.39 is 70.4 Å². The summed E-state index contributed by atoms with van der Waals surface area (Å²) in [5.41, 5.74) is -2.32. The number of aryl methyl sites for hydroxylation is 4. The van der Waals surface area contributed by atoms with E-state index in [1.54, 1.807) is 32.9 Å². The molecule has 0 unspecified atom stereocenters. The monoisotopic (exact) mass is 1350 g/mol. The topological polar surface area (TPSA) is 132 Å². The fourth-order valence-corrected chi connectivity index (χ4v) is 10.4. The standard InChI is InChI=1S/C18H10F6O.C14H9F3O3.C13H9F3O2.C13H9F3O.C12H7F3O/c1-9-12-4-2-10(8-25)6-15(12)16(18(22,23)24)13-5-3-11(7-14(9)13)17(19,20)21;1-8-2-3-11(14(15,16)17)10-4-9(6-18)5-12(13(8)10)20-7-19;1-7-2-3-10(13(14,15)16)9-4-8(6-17)5-11(18)12(7)9;1-8-2-5-12(13(14,15)16)11-6-9(7-17)3-4-10(8)11;13-12(14,15)11-4-3-9-5-8(7-16)1-2-10(9)6-11/h2-8H,1H3;2-7H,1H3;2-6,18H,1H3;2-7H,1H3;1-7H. The highest BCUT2D eigenvalue weighted by Crippen LogP contribution is 2.46. The second-order valence-electron chi connectivity index (χ2n) is 21.2. The van der Waals surface area contributed by atoms with E-state index in [4.69, 9.17) is 4.74 Å². The SMILES string of the molecule is Cc1c2cc(C(F)(F)F)ccc2c(C(F)(F)F)c2cc(C=O)ccc12.Cc1ccc(C(F)(F)F)c2cc(C=O)cc(O)c12.Cc1ccc(C(F)(F)F)c2cc(C=O)cc(OC=O)c12.Cc1ccc(C(F)(F)F)c2cc(C=O)ccc12.O=Cc1ccc2cc(C(F)(F)F)ccc2c1. The summed E-state index contributed by atoms with van der Waals surface area (Å²) in [6, 6.07) is 29.9. The van der Waals surface area contributed by atoms with Crippen molar-refractivity contribution >= 4 is 103 Å². The number of alkyl halides is 18. The molecule has 0 saturated heterocycles. The zero-order valence-corrected chi connectivity index (χ0v) is 49.5. The van der Waals surface area contributed by atoms with E-state index in [2.05, 4.69) is 0 Å². The van der Waals surface area contributed by atoms with Gasteiger partial charge in [0.25, 0.3) is 6.47 Å². The highest BCUT2D eigenvalue weighted by Gasteiger charge is 2.39. The van der Waals surface area contributed by atoms with E-state index >= 15 is 0 Å². The highest BCUT2D eigenvalue weighted by molar-refractivity contribution is 6.08. The Morgan fingerprint density at radius 2 is 0.708 bits per heavy atom. The van der Waals surface area contributed by atoms with Gasteiger partial charge in [-0.25, -0.2) is 0 Å². The fourth-order valence-electron chi connectivity index (χ4n) is 10.4. The second-order valence-corrected chi connectivity index (χ2v) is 21.2. The number of aromatic hydroxyl groups is 1. The zero-order chi connectivity index (χ0) is 71.4. The molecule has 0 aliphatic carbocycles. The molecule has 0 spiro atoms. The van der Waals surface area contributed by atoms with E-state index in [9.17, 15) is 113 Å². The molecule has 0 aliphatic rings. The third kappa shape index (κ3) is 16.3. The van der Waals surface area contributed by atoms with E-state index in [-0.39, 0.29) is 88.7 Å². The van der Waals surface area contributed by atoms with Crippen molar-refractivity contribution in [2.75, 3.05) is 0 Å². The van der Waals surface area contributed by atoms with Gasteiger partial charge in [0.2, 0.25) is 0 Å². The molecule has 498 valence electrons. The Kier molecular flexibility index (Phi) is 21.3. The van der Waals surface area contributed by atoms with Crippen LogP contribution in [-0.2, 0) is 41.9 Å². The van der Waals surface area contributed by atoms with Crippen molar-refractivity contribution in [2.45, 2.75) is 64.8 Å². The maximum Gasteiger partial charge on any atom is 0.417 e. The van der Waals surface area contributed by atoms with E-state index in [1.807, 2.05) is 0 Å². The number of phenols is 1. The van der Waals surface area contributed by atoms with Gasteiger partial charge in [-0.2, -0.15) is 79.0 Å². The van der Waals surface area contributed by atoms with Crippen LogP contribution in [0.4, 0.5) is 79.0 Å². The molecule has 11 rings (SSSR count). The number of halogens is 18. The minimum absolute atomic E-state index is 0.00505. The number of carbonyl (C=O) groups is 6.